The number of aromatic amines is 1. The van der Waals surface area contributed by atoms with Crippen molar-refractivity contribution in [2.45, 2.75) is 6.92 Å². The van der Waals surface area contributed by atoms with E-state index in [9.17, 15) is 9.59 Å². The number of carbonyl (C=O) groups is 2. The van der Waals surface area contributed by atoms with Crippen molar-refractivity contribution in [3.05, 3.63) is 47.5 Å². The van der Waals surface area contributed by atoms with E-state index in [0.29, 0.717) is 11.3 Å². The number of hydrogen-bond acceptors (Lipinski definition) is 5. The summed E-state index contributed by atoms with van der Waals surface area (Å²) in [5, 5.41) is 12.0. The van der Waals surface area contributed by atoms with E-state index in [4.69, 9.17) is 0 Å². The molecule has 1 aliphatic heterocycles. The maximum atomic E-state index is 12.6. The molecule has 106 valence electrons. The molecule has 7 nitrogen and oxygen atoms in total. The Labute approximate surface area is 120 Å². The molecule has 0 saturated carbocycles. The van der Waals surface area contributed by atoms with Crippen molar-refractivity contribution >= 4 is 17.4 Å². The van der Waals surface area contributed by atoms with Gasteiger partial charge >= 0.3 is 0 Å². The molecule has 1 N–H and O–H groups in total. The Balaban J connectivity index is 2.01. The van der Waals surface area contributed by atoms with Gasteiger partial charge in [0.05, 0.1) is 5.71 Å². The third-order valence-electron chi connectivity index (χ3n) is 3.29. The molecule has 21 heavy (non-hydrogen) atoms. The van der Waals surface area contributed by atoms with E-state index < -0.39 is 5.92 Å². The van der Waals surface area contributed by atoms with Crippen LogP contribution in [0.15, 0.2) is 35.7 Å². The Kier molecular flexibility index (Phi) is 3.09. The number of hydrogen-bond donors (Lipinski definition) is 1. The molecule has 7 heteroatoms. The van der Waals surface area contributed by atoms with Crippen LogP contribution in [0, 0.1) is 12.8 Å². The van der Waals surface area contributed by atoms with E-state index >= 15 is 0 Å². The molecule has 2 aromatic heterocycles. The summed E-state index contributed by atoms with van der Waals surface area (Å²) in [5.41, 5.74) is 2.13. The highest BCUT2D eigenvalue weighted by Crippen LogP contribution is 2.23. The van der Waals surface area contributed by atoms with Gasteiger partial charge in [-0.05, 0) is 25.1 Å². The first-order valence-electron chi connectivity index (χ1n) is 6.40. The first kappa shape index (κ1) is 13.2. The minimum absolute atomic E-state index is 0.239. The molecule has 1 aliphatic rings. The number of hydrazone groups is 1. The third-order valence-corrected chi connectivity index (χ3v) is 3.29. The van der Waals surface area contributed by atoms with Gasteiger partial charge in [-0.25, -0.2) is 5.01 Å². The van der Waals surface area contributed by atoms with Gasteiger partial charge in [0.2, 0.25) is 5.78 Å². The minimum Gasteiger partial charge on any atom is -0.291 e. The molecule has 0 saturated heterocycles. The molecule has 2 aromatic rings. The molecule has 0 aliphatic carbocycles. The number of aryl methyl sites for hydroxylation is 1. The second-order valence-electron chi connectivity index (χ2n) is 4.82. The standard InChI is InChI=1S/C14H13N5O2/c1-8-7-10(17-16-8)13(20)11-12(18-19(2)14(11)21)9-3-5-15-6-4-9/h3-7,11H,1-2H3,(H,16,17)/t11-/m1/s1. The summed E-state index contributed by atoms with van der Waals surface area (Å²) in [7, 11) is 1.53. The van der Waals surface area contributed by atoms with Crippen LogP contribution in [-0.4, -0.2) is 44.6 Å². The van der Waals surface area contributed by atoms with Crippen molar-refractivity contribution in [1.29, 1.82) is 0 Å². The molecule has 0 aromatic carbocycles. The van der Waals surface area contributed by atoms with Crippen LogP contribution in [0.1, 0.15) is 21.7 Å². The lowest BCUT2D eigenvalue weighted by atomic mass is 9.92. The lowest BCUT2D eigenvalue weighted by Crippen LogP contribution is -2.32. The number of carbonyl (C=O) groups excluding carboxylic acids is 2. The molecule has 0 fully saturated rings. The highest BCUT2D eigenvalue weighted by molar-refractivity contribution is 6.30. The zero-order chi connectivity index (χ0) is 15.0. The normalized spacial score (nSPS) is 18.0. The number of H-pyrrole nitrogens is 1. The highest BCUT2D eigenvalue weighted by Gasteiger charge is 2.41. The predicted molar refractivity (Wildman–Crippen MR) is 74.7 cm³/mol. The lowest BCUT2D eigenvalue weighted by Gasteiger charge is -2.08. The van der Waals surface area contributed by atoms with E-state index in [0.717, 1.165) is 5.69 Å². The monoisotopic (exact) mass is 283 g/mol. The molecular formula is C14H13N5O2. The summed E-state index contributed by atoms with van der Waals surface area (Å²) >= 11 is 0. The van der Waals surface area contributed by atoms with Crippen molar-refractivity contribution in [3.63, 3.8) is 0 Å². The summed E-state index contributed by atoms with van der Waals surface area (Å²) in [6.45, 7) is 1.80. The van der Waals surface area contributed by atoms with Crippen LogP contribution in [-0.2, 0) is 4.79 Å². The number of rotatable bonds is 3. The van der Waals surface area contributed by atoms with Crippen molar-refractivity contribution in [2.24, 2.45) is 11.0 Å². The average molecular weight is 283 g/mol. The first-order chi connectivity index (χ1) is 10.1. The Bertz CT molecular complexity index is 735. The smallest absolute Gasteiger partial charge is 0.259 e. The molecule has 0 radical (unpaired) electrons. The molecule has 0 spiro atoms. The number of aromatic nitrogens is 3. The van der Waals surface area contributed by atoms with E-state index in [1.807, 2.05) is 0 Å². The number of Topliss-reactive ketones (excluding diaryl/α,β-unsaturated/α-hetero) is 1. The SMILES string of the molecule is Cc1cc(C(=O)[C@@H]2C(=O)N(C)N=C2c2ccncc2)n[nH]1. The van der Waals surface area contributed by atoms with Gasteiger partial charge in [0.25, 0.3) is 5.91 Å². The lowest BCUT2D eigenvalue weighted by molar-refractivity contribution is -0.129. The quantitative estimate of drug-likeness (QED) is 0.666. The average Bonchev–Trinajstić information content (AvgIpc) is 3.04. The summed E-state index contributed by atoms with van der Waals surface area (Å²) in [6, 6.07) is 5.07. The van der Waals surface area contributed by atoms with E-state index in [2.05, 4.69) is 20.3 Å². The van der Waals surface area contributed by atoms with Crippen LogP contribution in [0.25, 0.3) is 0 Å². The fraction of sp³-hybridized carbons (Fsp3) is 0.214. The number of amides is 1. The van der Waals surface area contributed by atoms with Crippen molar-refractivity contribution in [2.75, 3.05) is 7.05 Å². The Morgan fingerprint density at radius 1 is 1.33 bits per heavy atom. The largest absolute Gasteiger partial charge is 0.291 e. The van der Waals surface area contributed by atoms with Crippen LogP contribution >= 0.6 is 0 Å². The topological polar surface area (TPSA) is 91.3 Å². The van der Waals surface area contributed by atoms with Crippen molar-refractivity contribution < 1.29 is 9.59 Å². The van der Waals surface area contributed by atoms with Crippen LogP contribution in [0.4, 0.5) is 0 Å². The Morgan fingerprint density at radius 2 is 2.05 bits per heavy atom. The van der Waals surface area contributed by atoms with Gasteiger partial charge in [0.15, 0.2) is 0 Å². The van der Waals surface area contributed by atoms with E-state index in [1.165, 1.54) is 12.1 Å². The zero-order valence-electron chi connectivity index (χ0n) is 11.6. The van der Waals surface area contributed by atoms with E-state index in [-0.39, 0.29) is 17.4 Å². The van der Waals surface area contributed by atoms with Crippen LogP contribution in [0.2, 0.25) is 0 Å². The molecule has 0 unspecified atom stereocenters. The van der Waals surface area contributed by atoms with Gasteiger partial charge in [-0.1, -0.05) is 0 Å². The molecule has 1 amide bonds. The second kappa shape index (κ2) is 4.93. The summed E-state index contributed by atoms with van der Waals surface area (Å²) < 4.78 is 0. The first-order valence-corrected chi connectivity index (χ1v) is 6.40. The summed E-state index contributed by atoms with van der Waals surface area (Å²) in [6.07, 6.45) is 3.20. The fourth-order valence-corrected chi connectivity index (χ4v) is 2.25. The molecule has 3 heterocycles. The van der Waals surface area contributed by atoms with Crippen molar-refractivity contribution in [3.8, 4) is 0 Å². The second-order valence-corrected chi connectivity index (χ2v) is 4.82. The summed E-state index contributed by atoms with van der Waals surface area (Å²) in [4.78, 5) is 28.8. The third kappa shape index (κ3) is 2.22. The van der Waals surface area contributed by atoms with Crippen molar-refractivity contribution in [1.82, 2.24) is 20.2 Å². The number of pyridine rings is 1. The Hall–Kier alpha value is -2.83. The predicted octanol–water partition coefficient (Wildman–Crippen LogP) is 0.788. The minimum atomic E-state index is -0.958. The molecular weight excluding hydrogens is 270 g/mol. The molecule has 1 atom stereocenters. The number of nitrogens with zero attached hydrogens (tertiary/aromatic N) is 4. The van der Waals surface area contributed by atoms with Gasteiger partial charge in [0.1, 0.15) is 11.6 Å². The van der Waals surface area contributed by atoms with Gasteiger partial charge in [0, 0.05) is 30.7 Å². The number of nitrogens with one attached hydrogen (secondary N) is 1. The number of ketones is 1. The van der Waals surface area contributed by atoms with Gasteiger partial charge < -0.3 is 0 Å². The van der Waals surface area contributed by atoms with Crippen LogP contribution < -0.4 is 0 Å². The fourth-order valence-electron chi connectivity index (χ4n) is 2.25. The zero-order valence-corrected chi connectivity index (χ0v) is 11.6. The Morgan fingerprint density at radius 3 is 2.67 bits per heavy atom. The maximum absolute atomic E-state index is 12.6. The van der Waals surface area contributed by atoms with Gasteiger partial charge in [-0.15, -0.1) is 0 Å². The van der Waals surface area contributed by atoms with E-state index in [1.54, 1.807) is 37.5 Å². The van der Waals surface area contributed by atoms with Gasteiger partial charge in [-0.3, -0.25) is 19.7 Å². The van der Waals surface area contributed by atoms with Crippen LogP contribution in [0.3, 0.4) is 0 Å². The molecule has 3 rings (SSSR count). The van der Waals surface area contributed by atoms with Crippen LogP contribution in [0.5, 0.6) is 0 Å². The maximum Gasteiger partial charge on any atom is 0.259 e. The summed E-state index contributed by atoms with van der Waals surface area (Å²) in [5.74, 6) is -1.67. The highest BCUT2D eigenvalue weighted by atomic mass is 16.2. The van der Waals surface area contributed by atoms with Gasteiger partial charge in [-0.2, -0.15) is 10.2 Å². The molecule has 0 bridgehead atoms.